The molecule has 14 heteroatoms. The molecule has 1 atom stereocenters. The van der Waals surface area contributed by atoms with E-state index in [0.717, 1.165) is 5.69 Å². The number of allylic oxidation sites excluding steroid dienone is 1. The van der Waals surface area contributed by atoms with Crippen LogP contribution < -0.4 is 24.4 Å². The summed E-state index contributed by atoms with van der Waals surface area (Å²) in [7, 11) is 3.05. The molecule has 3 aromatic heterocycles. The summed E-state index contributed by atoms with van der Waals surface area (Å²) in [6.07, 6.45) is 3.34. The molecule has 42 heavy (non-hydrogen) atoms. The number of carbonyl (C=O) groups is 1. The van der Waals surface area contributed by atoms with Crippen molar-refractivity contribution in [2.45, 2.75) is 37.1 Å². The summed E-state index contributed by atoms with van der Waals surface area (Å²) in [6.45, 7) is 5.51. The molecule has 0 aliphatic carbocycles. The zero-order chi connectivity index (χ0) is 30.1. The number of esters is 1. The molecular weight excluding hydrogens is 712 g/mol. The lowest BCUT2D eigenvalue weighted by Gasteiger charge is -2.26. The summed E-state index contributed by atoms with van der Waals surface area (Å²) in [5, 5.41) is 1.09. The zero-order valence-electron chi connectivity index (χ0n) is 23.1. The minimum atomic E-state index is -0.843. The number of hydrogen-bond acceptors (Lipinski definition) is 11. The molecular formula is C28H24Br2N4O6S2. The van der Waals surface area contributed by atoms with E-state index in [1.165, 1.54) is 41.9 Å². The number of aryl methyl sites for hydroxylation is 1. The van der Waals surface area contributed by atoms with Crippen molar-refractivity contribution < 1.29 is 23.4 Å². The lowest BCUT2D eigenvalue weighted by Crippen LogP contribution is -2.40. The van der Waals surface area contributed by atoms with Crippen LogP contribution in [0.1, 0.15) is 36.9 Å². The molecule has 4 heterocycles. The highest BCUT2D eigenvalue weighted by molar-refractivity contribution is 9.10. The average molecular weight is 736 g/mol. The molecule has 218 valence electrons. The van der Waals surface area contributed by atoms with E-state index in [4.69, 9.17) is 18.6 Å². The van der Waals surface area contributed by atoms with Gasteiger partial charge in [0.15, 0.2) is 26.5 Å². The van der Waals surface area contributed by atoms with Crippen LogP contribution in [-0.4, -0.2) is 41.3 Å². The molecule has 10 nitrogen and oxygen atoms in total. The molecule has 0 unspecified atom stereocenters. The van der Waals surface area contributed by atoms with Crippen molar-refractivity contribution in [3.8, 4) is 11.5 Å². The van der Waals surface area contributed by atoms with Gasteiger partial charge in [0.25, 0.3) is 5.56 Å². The lowest BCUT2D eigenvalue weighted by molar-refractivity contribution is -0.139. The Kier molecular flexibility index (Phi) is 9.06. The molecule has 1 aliphatic rings. The highest BCUT2D eigenvalue weighted by Gasteiger charge is 2.35. The van der Waals surface area contributed by atoms with Gasteiger partial charge in [0, 0.05) is 22.4 Å². The normalized spacial score (nSPS) is 14.9. The van der Waals surface area contributed by atoms with Crippen molar-refractivity contribution in [1.29, 1.82) is 0 Å². The number of rotatable bonds is 8. The third kappa shape index (κ3) is 5.85. The fourth-order valence-corrected chi connectivity index (χ4v) is 7.24. The van der Waals surface area contributed by atoms with Crippen LogP contribution in [0, 0.1) is 6.92 Å². The van der Waals surface area contributed by atoms with Crippen molar-refractivity contribution in [2.75, 3.05) is 20.8 Å². The van der Waals surface area contributed by atoms with E-state index in [0.29, 0.717) is 57.0 Å². The molecule has 4 aromatic rings. The number of ether oxygens (including phenoxy) is 3. The predicted molar refractivity (Wildman–Crippen MR) is 165 cm³/mol. The SMILES string of the molecule is CCOC(=O)C1=C(C)N=c2s/c(=C/c3cc(Br)c(Sc4nccc(C)n4)o3)c(=O)n2[C@H]1c1cc(OC)c(OC)cc1Br. The minimum absolute atomic E-state index is 0.168. The third-order valence-electron chi connectivity index (χ3n) is 6.22. The Labute approximate surface area is 265 Å². The van der Waals surface area contributed by atoms with Crippen LogP contribution in [0.25, 0.3) is 6.08 Å². The lowest BCUT2D eigenvalue weighted by atomic mass is 9.95. The maximum absolute atomic E-state index is 14.0. The quantitative estimate of drug-likeness (QED) is 0.178. The smallest absolute Gasteiger partial charge is 0.338 e. The van der Waals surface area contributed by atoms with E-state index in [1.807, 2.05) is 13.0 Å². The second-order valence-corrected chi connectivity index (χ2v) is 12.6. The van der Waals surface area contributed by atoms with Crippen LogP contribution >= 0.6 is 55.0 Å². The van der Waals surface area contributed by atoms with Gasteiger partial charge in [0.05, 0.1) is 47.1 Å². The van der Waals surface area contributed by atoms with Crippen LogP contribution in [0.3, 0.4) is 0 Å². The highest BCUT2D eigenvalue weighted by atomic mass is 79.9. The van der Waals surface area contributed by atoms with Crippen LogP contribution in [0.5, 0.6) is 11.5 Å². The summed E-state index contributed by atoms with van der Waals surface area (Å²) < 4.78 is 25.6. The fourth-order valence-electron chi connectivity index (χ4n) is 4.36. The summed E-state index contributed by atoms with van der Waals surface area (Å²) in [6, 6.07) is 6.22. The van der Waals surface area contributed by atoms with E-state index >= 15 is 0 Å². The standard InChI is InChI=1S/C28H24Br2N4O6S2/c1-6-39-25(36)22-14(3)33-28-34(23(22)16-11-19(37-4)20(38-5)12-17(16)29)24(35)21(41-28)10-15-9-18(30)26(40-15)42-27-31-8-7-13(2)32-27/h7-12,23H,6H2,1-5H3/b21-10+/t23-/m0/s1. The second-order valence-electron chi connectivity index (χ2n) is 8.90. The molecule has 0 saturated carbocycles. The van der Waals surface area contributed by atoms with Gasteiger partial charge in [-0.05, 0) is 78.3 Å². The molecule has 0 saturated heterocycles. The molecule has 1 aromatic carbocycles. The number of benzene rings is 1. The Morgan fingerprint density at radius 2 is 1.90 bits per heavy atom. The van der Waals surface area contributed by atoms with Crippen LogP contribution in [0.4, 0.5) is 0 Å². The Balaban J connectivity index is 1.65. The molecule has 5 rings (SSSR count). The fraction of sp³-hybridized carbons (Fsp3) is 0.250. The minimum Gasteiger partial charge on any atom is -0.493 e. The number of hydrogen-bond donors (Lipinski definition) is 0. The maximum atomic E-state index is 14.0. The number of aromatic nitrogens is 3. The van der Waals surface area contributed by atoms with E-state index in [9.17, 15) is 9.59 Å². The molecule has 0 bridgehead atoms. The van der Waals surface area contributed by atoms with Gasteiger partial charge in [0.1, 0.15) is 5.76 Å². The Morgan fingerprint density at radius 3 is 2.60 bits per heavy atom. The van der Waals surface area contributed by atoms with Gasteiger partial charge < -0.3 is 18.6 Å². The monoisotopic (exact) mass is 734 g/mol. The Morgan fingerprint density at radius 1 is 1.17 bits per heavy atom. The van der Waals surface area contributed by atoms with Crippen LogP contribution in [-0.2, 0) is 9.53 Å². The van der Waals surface area contributed by atoms with Gasteiger partial charge in [-0.3, -0.25) is 9.36 Å². The first-order chi connectivity index (χ1) is 20.1. The van der Waals surface area contributed by atoms with Gasteiger partial charge in [-0.15, -0.1) is 0 Å². The Bertz CT molecular complexity index is 1910. The topological polar surface area (TPSA) is 118 Å². The van der Waals surface area contributed by atoms with Crippen molar-refractivity contribution >= 4 is 67.0 Å². The summed E-state index contributed by atoms with van der Waals surface area (Å²) in [5.74, 6) is 0.827. The summed E-state index contributed by atoms with van der Waals surface area (Å²) >= 11 is 9.60. The molecule has 1 aliphatic heterocycles. The highest BCUT2D eigenvalue weighted by Crippen LogP contribution is 2.41. The van der Waals surface area contributed by atoms with Gasteiger partial charge in [0.2, 0.25) is 0 Å². The number of fused-ring (bicyclic) bond motifs is 1. The van der Waals surface area contributed by atoms with Crippen molar-refractivity contribution in [1.82, 2.24) is 14.5 Å². The van der Waals surface area contributed by atoms with E-state index in [2.05, 4.69) is 46.8 Å². The summed E-state index contributed by atoms with van der Waals surface area (Å²) in [4.78, 5) is 41.0. The second kappa shape index (κ2) is 12.6. The number of thiazole rings is 1. The van der Waals surface area contributed by atoms with Crippen LogP contribution in [0.15, 0.2) is 75.1 Å². The van der Waals surface area contributed by atoms with E-state index in [1.54, 1.807) is 44.3 Å². The first-order valence-corrected chi connectivity index (χ1v) is 15.7. The van der Waals surface area contributed by atoms with Gasteiger partial charge >= 0.3 is 5.97 Å². The maximum Gasteiger partial charge on any atom is 0.338 e. The number of methoxy groups -OCH3 is 2. The van der Waals surface area contributed by atoms with Crippen molar-refractivity contribution in [3.63, 3.8) is 0 Å². The number of carbonyl (C=O) groups excluding carboxylic acids is 1. The molecule has 0 amide bonds. The van der Waals surface area contributed by atoms with E-state index < -0.39 is 12.0 Å². The molecule has 0 fully saturated rings. The molecule has 0 N–H and O–H groups in total. The van der Waals surface area contributed by atoms with Crippen molar-refractivity contribution in [3.05, 3.63) is 87.4 Å². The van der Waals surface area contributed by atoms with Gasteiger partial charge in [-0.25, -0.2) is 19.8 Å². The zero-order valence-corrected chi connectivity index (χ0v) is 27.9. The van der Waals surface area contributed by atoms with Crippen molar-refractivity contribution in [2.24, 2.45) is 4.99 Å². The molecule has 0 spiro atoms. The summed E-state index contributed by atoms with van der Waals surface area (Å²) in [5.41, 5.74) is 1.80. The number of halogens is 2. The van der Waals surface area contributed by atoms with Gasteiger partial charge in [-0.2, -0.15) is 0 Å². The average Bonchev–Trinajstić information content (AvgIpc) is 3.45. The number of nitrogens with zero attached hydrogens (tertiary/aromatic N) is 4. The first kappa shape index (κ1) is 30.3. The Hall–Kier alpha value is -3.20. The van der Waals surface area contributed by atoms with E-state index in [-0.39, 0.29) is 17.7 Å². The van der Waals surface area contributed by atoms with Crippen LogP contribution in [0.2, 0.25) is 0 Å². The molecule has 0 radical (unpaired) electrons. The van der Waals surface area contributed by atoms with Gasteiger partial charge in [-0.1, -0.05) is 27.3 Å². The first-order valence-electron chi connectivity index (χ1n) is 12.5. The predicted octanol–water partition coefficient (Wildman–Crippen LogP) is 5.18. The number of furan rings is 1. The third-order valence-corrected chi connectivity index (χ3v) is 9.61. The largest absolute Gasteiger partial charge is 0.493 e.